The second-order valence-corrected chi connectivity index (χ2v) is 8.27. The number of pyridine rings is 1. The average molecular weight is 369 g/mol. The van der Waals surface area contributed by atoms with Gasteiger partial charge in [0.1, 0.15) is 18.9 Å². The van der Waals surface area contributed by atoms with Crippen LogP contribution in [0.25, 0.3) is 37.8 Å². The molecule has 4 nitrogen and oxygen atoms in total. The monoisotopic (exact) mass is 369 g/mol. The van der Waals surface area contributed by atoms with Crippen LogP contribution < -0.4 is 9.30 Å². The summed E-state index contributed by atoms with van der Waals surface area (Å²) in [5.74, 6) is 1.62. The molecule has 3 heterocycles. The second kappa shape index (κ2) is 5.59. The molecule has 0 saturated heterocycles. The van der Waals surface area contributed by atoms with Crippen molar-refractivity contribution in [1.82, 2.24) is 0 Å². The molecule has 2 aromatic carbocycles. The van der Waals surface area contributed by atoms with E-state index >= 15 is 0 Å². The number of benzene rings is 2. The number of hydrogen-bond donors (Lipinski definition) is 0. The lowest BCUT2D eigenvalue weighted by Crippen LogP contribution is -2.32. The number of rotatable bonds is 2. The first-order valence-corrected chi connectivity index (χ1v) is 9.41. The highest BCUT2D eigenvalue weighted by atomic mass is 16.5. The number of ether oxygens (including phenoxy) is 1. The van der Waals surface area contributed by atoms with Crippen LogP contribution in [0.2, 0.25) is 0 Å². The molecule has 0 aliphatic carbocycles. The van der Waals surface area contributed by atoms with Gasteiger partial charge in [0, 0.05) is 24.6 Å². The van der Waals surface area contributed by atoms with Crippen LogP contribution in [-0.4, -0.2) is 5.54 Å². The Labute approximate surface area is 163 Å². The molecule has 1 aliphatic rings. The Morgan fingerprint density at radius 3 is 2.79 bits per heavy atom. The number of aromatic nitrogens is 1. The molecule has 0 amide bonds. The molecule has 0 bridgehead atoms. The van der Waals surface area contributed by atoms with E-state index < -0.39 is 5.54 Å². The molecule has 0 spiro atoms. The summed E-state index contributed by atoms with van der Waals surface area (Å²) >= 11 is 0. The topological polar surface area (TPSA) is 30.6 Å². The lowest BCUT2D eigenvalue weighted by molar-refractivity contribution is -0.659. The molecule has 0 atom stereocenters. The van der Waals surface area contributed by atoms with Gasteiger partial charge in [-0.05, 0) is 36.2 Å². The van der Waals surface area contributed by atoms with Crippen molar-refractivity contribution in [3.8, 4) is 22.8 Å². The molecule has 0 radical (unpaired) electrons. The zero-order valence-corrected chi connectivity index (χ0v) is 16.5. The molecule has 0 unspecified atom stereocenters. The van der Waals surface area contributed by atoms with Crippen LogP contribution in [0.5, 0.6) is 11.5 Å². The van der Waals surface area contributed by atoms with Crippen molar-refractivity contribution in [2.24, 2.45) is 7.05 Å². The number of nitrogens with zero attached hydrogens (tertiary/aromatic N) is 2. The molecule has 0 fully saturated rings. The fraction of sp³-hybridized carbons (Fsp3) is 0.250. The molecular formula is C24H21N2O2+. The van der Waals surface area contributed by atoms with Crippen molar-refractivity contribution < 1.29 is 13.7 Å². The van der Waals surface area contributed by atoms with Crippen LogP contribution in [0.4, 0.5) is 0 Å². The Hall–Kier alpha value is -3.32. The van der Waals surface area contributed by atoms with Crippen molar-refractivity contribution in [3.05, 3.63) is 65.3 Å². The molecule has 138 valence electrons. The standard InChI is InChI=1S/C24H21N2O2/c1-14-6-9-18-21-19(13-27-18)28-23-17-10-15(11-24(2,3)25-4)7-8-16(17)12-26(5)22(23)20(14)21/h6-10,12-13H,11H2,1-3,5H3/q+1. The smallest absolute Gasteiger partial charge is 0.257 e. The average Bonchev–Trinajstić information content (AvgIpc) is 3.08. The van der Waals surface area contributed by atoms with Crippen LogP contribution in [0, 0.1) is 13.5 Å². The zero-order chi connectivity index (χ0) is 19.6. The van der Waals surface area contributed by atoms with Gasteiger partial charge >= 0.3 is 0 Å². The minimum Gasteiger partial charge on any atom is -0.460 e. The third-order valence-electron chi connectivity index (χ3n) is 5.57. The van der Waals surface area contributed by atoms with E-state index in [9.17, 15) is 0 Å². The van der Waals surface area contributed by atoms with Crippen LogP contribution >= 0.6 is 0 Å². The van der Waals surface area contributed by atoms with Gasteiger partial charge in [0.15, 0.2) is 11.9 Å². The molecule has 4 heteroatoms. The normalized spacial score (nSPS) is 12.7. The van der Waals surface area contributed by atoms with Crippen molar-refractivity contribution >= 4 is 21.7 Å². The van der Waals surface area contributed by atoms with E-state index in [1.54, 1.807) is 6.26 Å². The summed E-state index contributed by atoms with van der Waals surface area (Å²) in [6.45, 7) is 13.5. The molecular weight excluding hydrogens is 348 g/mol. The first-order chi connectivity index (χ1) is 13.4. The fourth-order valence-electron chi connectivity index (χ4n) is 4.21. The summed E-state index contributed by atoms with van der Waals surface area (Å²) in [4.78, 5) is 3.76. The van der Waals surface area contributed by atoms with Crippen LogP contribution in [0.1, 0.15) is 25.0 Å². The number of aryl methyl sites for hydroxylation is 2. The van der Waals surface area contributed by atoms with E-state index in [1.807, 2.05) is 19.9 Å². The van der Waals surface area contributed by atoms with Crippen molar-refractivity contribution in [2.45, 2.75) is 32.7 Å². The molecule has 0 N–H and O–H groups in total. The highest BCUT2D eigenvalue weighted by Gasteiger charge is 2.33. The molecule has 5 rings (SSSR count). The Bertz CT molecular complexity index is 1320. The maximum atomic E-state index is 7.43. The maximum Gasteiger partial charge on any atom is 0.257 e. The molecule has 2 aromatic heterocycles. The van der Waals surface area contributed by atoms with Gasteiger partial charge in [0.05, 0.1) is 17.4 Å². The second-order valence-electron chi connectivity index (χ2n) is 8.27. The van der Waals surface area contributed by atoms with Gasteiger partial charge in [-0.15, -0.1) is 0 Å². The third-order valence-corrected chi connectivity index (χ3v) is 5.57. The minimum atomic E-state index is -0.423. The van der Waals surface area contributed by atoms with E-state index in [0.29, 0.717) is 6.42 Å². The Kier molecular flexibility index (Phi) is 3.36. The summed E-state index contributed by atoms with van der Waals surface area (Å²) in [6.07, 6.45) is 4.54. The van der Waals surface area contributed by atoms with Gasteiger partial charge in [-0.3, -0.25) is 0 Å². The highest BCUT2D eigenvalue weighted by Crippen LogP contribution is 2.49. The van der Waals surface area contributed by atoms with Gasteiger partial charge in [-0.25, -0.2) is 6.57 Å². The first-order valence-electron chi connectivity index (χ1n) is 9.41. The quantitative estimate of drug-likeness (QED) is 0.294. The zero-order valence-electron chi connectivity index (χ0n) is 16.5. The number of hydrogen-bond acceptors (Lipinski definition) is 2. The summed E-state index contributed by atoms with van der Waals surface area (Å²) in [7, 11) is 2.06. The Morgan fingerprint density at radius 2 is 2.00 bits per heavy atom. The first kappa shape index (κ1) is 16.8. The molecule has 28 heavy (non-hydrogen) atoms. The third kappa shape index (κ3) is 2.33. The van der Waals surface area contributed by atoms with E-state index in [4.69, 9.17) is 15.7 Å². The fourth-order valence-corrected chi connectivity index (χ4v) is 4.21. The molecule has 0 saturated carbocycles. The Balaban J connectivity index is 1.81. The van der Waals surface area contributed by atoms with Gasteiger partial charge < -0.3 is 14.0 Å². The summed E-state index contributed by atoms with van der Waals surface area (Å²) in [5.41, 5.74) is 4.98. The number of furan rings is 1. The van der Waals surface area contributed by atoms with Crippen LogP contribution in [0.15, 0.2) is 47.2 Å². The van der Waals surface area contributed by atoms with Gasteiger partial charge in [0.2, 0.25) is 11.3 Å². The maximum absolute atomic E-state index is 7.43. The van der Waals surface area contributed by atoms with Crippen LogP contribution in [0.3, 0.4) is 0 Å². The van der Waals surface area contributed by atoms with E-state index in [1.165, 1.54) is 11.1 Å². The van der Waals surface area contributed by atoms with Gasteiger partial charge in [0.25, 0.3) is 5.69 Å². The van der Waals surface area contributed by atoms with Crippen LogP contribution in [-0.2, 0) is 13.5 Å². The number of fused-ring (bicyclic) bond motifs is 4. The lowest BCUT2D eigenvalue weighted by Gasteiger charge is -2.19. The predicted molar refractivity (Wildman–Crippen MR) is 110 cm³/mol. The SMILES string of the molecule is [C-]#[N+]C(C)(C)Cc1ccc2c[n+](C)c3c(c2c1)Oc1coc2ccc(C)c-3c12. The minimum absolute atomic E-state index is 0.423. The van der Waals surface area contributed by atoms with E-state index in [0.717, 1.165) is 44.5 Å². The Morgan fingerprint density at radius 1 is 1.18 bits per heavy atom. The van der Waals surface area contributed by atoms with Crippen molar-refractivity contribution in [2.75, 3.05) is 0 Å². The van der Waals surface area contributed by atoms with E-state index in [-0.39, 0.29) is 0 Å². The summed E-state index contributed by atoms with van der Waals surface area (Å²) < 4.78 is 14.2. The van der Waals surface area contributed by atoms with Gasteiger partial charge in [-0.2, -0.15) is 4.57 Å². The summed E-state index contributed by atoms with van der Waals surface area (Å²) in [5, 5.41) is 3.21. The van der Waals surface area contributed by atoms with E-state index in [2.05, 4.69) is 53.8 Å². The lowest BCUT2D eigenvalue weighted by atomic mass is 9.92. The predicted octanol–water partition coefficient (Wildman–Crippen LogP) is 5.73. The highest BCUT2D eigenvalue weighted by molar-refractivity contribution is 6.05. The summed E-state index contributed by atoms with van der Waals surface area (Å²) in [6, 6.07) is 10.5. The van der Waals surface area contributed by atoms with Gasteiger partial charge in [-0.1, -0.05) is 12.1 Å². The molecule has 4 aromatic rings. The largest absolute Gasteiger partial charge is 0.460 e. The van der Waals surface area contributed by atoms with Crippen molar-refractivity contribution in [3.63, 3.8) is 0 Å². The van der Waals surface area contributed by atoms with Crippen molar-refractivity contribution in [1.29, 1.82) is 0 Å². The molecule has 1 aliphatic heterocycles.